The zero-order valence-electron chi connectivity index (χ0n) is 9.32. The molecule has 0 bridgehead atoms. The van der Waals surface area contributed by atoms with Crippen molar-refractivity contribution in [2.45, 2.75) is 4.90 Å². The molecular formula is C15H13NS. The van der Waals surface area contributed by atoms with Crippen LogP contribution in [-0.2, 0) is 0 Å². The van der Waals surface area contributed by atoms with E-state index in [0.717, 1.165) is 16.1 Å². The first-order chi connectivity index (χ1) is 8.36. The van der Waals surface area contributed by atoms with Crippen molar-refractivity contribution in [3.63, 3.8) is 0 Å². The molecule has 0 atom stereocenters. The third kappa shape index (κ3) is 3.61. The van der Waals surface area contributed by atoms with Crippen molar-refractivity contribution in [2.75, 3.05) is 0 Å². The minimum absolute atomic E-state index is 0.883. The molecule has 2 rings (SSSR count). The van der Waals surface area contributed by atoms with Gasteiger partial charge in [-0.2, -0.15) is 0 Å². The van der Waals surface area contributed by atoms with Gasteiger partial charge in [-0.3, -0.25) is 4.99 Å². The van der Waals surface area contributed by atoms with E-state index >= 15 is 0 Å². The minimum Gasteiger partial charge on any atom is -0.256 e. The molecule has 84 valence electrons. The van der Waals surface area contributed by atoms with Gasteiger partial charge in [0.1, 0.15) is 0 Å². The Morgan fingerprint density at radius 2 is 1.59 bits per heavy atom. The molecule has 2 aromatic rings. The number of benzene rings is 2. The van der Waals surface area contributed by atoms with Crippen LogP contribution in [0.3, 0.4) is 0 Å². The van der Waals surface area contributed by atoms with Crippen LogP contribution < -0.4 is 0 Å². The van der Waals surface area contributed by atoms with E-state index in [1.807, 2.05) is 54.6 Å². The number of hydrogen-bond donors (Lipinski definition) is 1. The summed E-state index contributed by atoms with van der Waals surface area (Å²) in [6.45, 7) is 0. The van der Waals surface area contributed by atoms with Crippen LogP contribution >= 0.6 is 12.6 Å². The average molecular weight is 239 g/mol. The Morgan fingerprint density at radius 3 is 2.35 bits per heavy atom. The zero-order chi connectivity index (χ0) is 11.9. The number of aliphatic imine (C=N–C) groups is 1. The minimum atomic E-state index is 0.883. The largest absolute Gasteiger partial charge is 0.256 e. The fourth-order valence-corrected chi connectivity index (χ4v) is 1.63. The van der Waals surface area contributed by atoms with E-state index in [1.165, 1.54) is 0 Å². The number of hydrogen-bond acceptors (Lipinski definition) is 2. The summed E-state index contributed by atoms with van der Waals surface area (Å²) in [5, 5.41) is 0. The van der Waals surface area contributed by atoms with E-state index in [4.69, 9.17) is 0 Å². The van der Waals surface area contributed by atoms with E-state index in [-0.39, 0.29) is 0 Å². The van der Waals surface area contributed by atoms with Gasteiger partial charge in [0.15, 0.2) is 0 Å². The van der Waals surface area contributed by atoms with Gasteiger partial charge in [-0.25, -0.2) is 0 Å². The summed E-state index contributed by atoms with van der Waals surface area (Å²) >= 11 is 4.33. The summed E-state index contributed by atoms with van der Waals surface area (Å²) in [6.07, 6.45) is 5.72. The number of allylic oxidation sites excluding steroid dienone is 1. The molecule has 2 heteroatoms. The van der Waals surface area contributed by atoms with Gasteiger partial charge in [0.25, 0.3) is 0 Å². The van der Waals surface area contributed by atoms with Crippen molar-refractivity contribution in [3.05, 3.63) is 66.2 Å². The van der Waals surface area contributed by atoms with E-state index in [9.17, 15) is 0 Å². The molecule has 0 saturated heterocycles. The lowest BCUT2D eigenvalue weighted by molar-refractivity contribution is 1.39. The van der Waals surface area contributed by atoms with Crippen molar-refractivity contribution >= 4 is 30.6 Å². The Hall–Kier alpha value is -1.80. The van der Waals surface area contributed by atoms with Crippen molar-refractivity contribution < 1.29 is 0 Å². The monoisotopic (exact) mass is 239 g/mol. The fourth-order valence-electron chi connectivity index (χ4n) is 1.41. The standard InChI is InChI=1S/C15H13NS/c17-15-11-5-4-10-14(15)16-12-6-9-13-7-2-1-3-8-13/h1-12,17H. The average Bonchev–Trinajstić information content (AvgIpc) is 2.38. The highest BCUT2D eigenvalue weighted by Crippen LogP contribution is 2.21. The van der Waals surface area contributed by atoms with E-state index in [2.05, 4.69) is 29.8 Å². The van der Waals surface area contributed by atoms with Crippen LogP contribution in [0.5, 0.6) is 0 Å². The topological polar surface area (TPSA) is 12.4 Å². The van der Waals surface area contributed by atoms with Crippen LogP contribution in [0.2, 0.25) is 0 Å². The quantitative estimate of drug-likeness (QED) is 0.602. The molecule has 1 nitrogen and oxygen atoms in total. The smallest absolute Gasteiger partial charge is 0.0762 e. The maximum Gasteiger partial charge on any atom is 0.0762 e. The molecule has 2 aromatic carbocycles. The fraction of sp³-hybridized carbons (Fsp3) is 0. The molecule has 0 radical (unpaired) electrons. The summed E-state index contributed by atoms with van der Waals surface area (Å²) in [7, 11) is 0. The van der Waals surface area contributed by atoms with Crippen LogP contribution in [0, 0.1) is 0 Å². The number of rotatable bonds is 3. The Balaban J connectivity index is 2.04. The van der Waals surface area contributed by atoms with E-state index in [0.29, 0.717) is 0 Å². The molecule has 0 aliphatic carbocycles. The maximum absolute atomic E-state index is 4.33. The van der Waals surface area contributed by atoms with Gasteiger partial charge in [-0.1, -0.05) is 48.5 Å². The van der Waals surface area contributed by atoms with Crippen LogP contribution in [0.15, 0.2) is 70.6 Å². The van der Waals surface area contributed by atoms with Gasteiger partial charge in [0, 0.05) is 11.1 Å². The molecule has 0 unspecified atom stereocenters. The summed E-state index contributed by atoms with van der Waals surface area (Å²) < 4.78 is 0. The predicted octanol–water partition coefficient (Wildman–Crippen LogP) is 4.39. The Kier molecular flexibility index (Phi) is 4.17. The van der Waals surface area contributed by atoms with Crippen LogP contribution in [-0.4, -0.2) is 6.21 Å². The van der Waals surface area contributed by atoms with Gasteiger partial charge in [-0.05, 0) is 23.8 Å². The lowest BCUT2D eigenvalue weighted by Crippen LogP contribution is -1.71. The highest BCUT2D eigenvalue weighted by Gasteiger charge is 1.91. The van der Waals surface area contributed by atoms with Crippen LogP contribution in [0.1, 0.15) is 5.56 Å². The SMILES string of the molecule is Sc1ccccc1N=CC=Cc1ccccc1. The molecule has 0 aliphatic rings. The number of thiol groups is 1. The van der Waals surface area contributed by atoms with Gasteiger partial charge in [0.05, 0.1) is 5.69 Å². The van der Waals surface area contributed by atoms with Crippen molar-refractivity contribution in [2.24, 2.45) is 4.99 Å². The summed E-state index contributed by atoms with van der Waals surface area (Å²) in [5.74, 6) is 0. The predicted molar refractivity (Wildman–Crippen MR) is 77.3 cm³/mol. The summed E-state index contributed by atoms with van der Waals surface area (Å²) in [4.78, 5) is 5.22. The molecule has 0 spiro atoms. The molecule has 0 saturated carbocycles. The van der Waals surface area contributed by atoms with Crippen molar-refractivity contribution in [3.8, 4) is 0 Å². The normalized spacial score (nSPS) is 11.4. The molecule has 0 fully saturated rings. The molecule has 0 aromatic heterocycles. The second-order valence-electron chi connectivity index (χ2n) is 3.54. The van der Waals surface area contributed by atoms with Gasteiger partial charge in [0.2, 0.25) is 0 Å². The second-order valence-corrected chi connectivity index (χ2v) is 4.02. The van der Waals surface area contributed by atoms with Crippen molar-refractivity contribution in [1.82, 2.24) is 0 Å². The lowest BCUT2D eigenvalue weighted by atomic mass is 10.2. The molecule has 0 amide bonds. The van der Waals surface area contributed by atoms with E-state index in [1.54, 1.807) is 6.21 Å². The molecule has 0 aliphatic heterocycles. The second kappa shape index (κ2) is 6.06. The van der Waals surface area contributed by atoms with E-state index < -0.39 is 0 Å². The first-order valence-corrected chi connectivity index (χ1v) is 5.85. The highest BCUT2D eigenvalue weighted by atomic mass is 32.1. The Labute approximate surface area is 107 Å². The van der Waals surface area contributed by atoms with Crippen LogP contribution in [0.25, 0.3) is 6.08 Å². The first-order valence-electron chi connectivity index (χ1n) is 5.40. The van der Waals surface area contributed by atoms with Crippen molar-refractivity contribution in [1.29, 1.82) is 0 Å². The number of para-hydroxylation sites is 1. The zero-order valence-corrected chi connectivity index (χ0v) is 10.2. The summed E-state index contributed by atoms with van der Waals surface area (Å²) in [5.41, 5.74) is 2.05. The third-order valence-electron chi connectivity index (χ3n) is 2.27. The molecular weight excluding hydrogens is 226 g/mol. The molecule has 17 heavy (non-hydrogen) atoms. The lowest BCUT2D eigenvalue weighted by Gasteiger charge is -1.95. The number of nitrogens with zero attached hydrogens (tertiary/aromatic N) is 1. The van der Waals surface area contributed by atoms with Gasteiger partial charge < -0.3 is 0 Å². The van der Waals surface area contributed by atoms with Gasteiger partial charge >= 0.3 is 0 Å². The summed E-state index contributed by atoms with van der Waals surface area (Å²) in [6, 6.07) is 17.9. The Bertz CT molecular complexity index is 530. The maximum atomic E-state index is 4.33. The first kappa shape index (κ1) is 11.7. The molecule has 0 N–H and O–H groups in total. The highest BCUT2D eigenvalue weighted by molar-refractivity contribution is 7.80. The third-order valence-corrected chi connectivity index (χ3v) is 2.65. The Morgan fingerprint density at radius 1 is 0.882 bits per heavy atom. The van der Waals surface area contributed by atoms with Gasteiger partial charge in [-0.15, -0.1) is 12.6 Å². The van der Waals surface area contributed by atoms with Crippen LogP contribution in [0.4, 0.5) is 5.69 Å². The molecule has 0 heterocycles.